The molecule has 4 nitrogen and oxygen atoms in total. The Morgan fingerprint density at radius 1 is 0.520 bits per heavy atom. The van der Waals surface area contributed by atoms with Gasteiger partial charge in [-0.25, -0.2) is 4.57 Å². The van der Waals surface area contributed by atoms with Gasteiger partial charge in [-0.1, -0.05) is 169 Å². The summed E-state index contributed by atoms with van der Waals surface area (Å²) in [4.78, 5) is 0. The van der Waals surface area contributed by atoms with Gasteiger partial charge < -0.3 is 14.2 Å². The first kappa shape index (κ1) is 41.7. The first-order chi connectivity index (χ1) is 23.7. The van der Waals surface area contributed by atoms with Crippen molar-refractivity contribution in [3.8, 4) is 17.2 Å². The summed E-state index contributed by atoms with van der Waals surface area (Å²) in [5, 5.41) is 11.3. The topological polar surface area (TPSA) is 55.8 Å². The number of rotatable bonds is 22. The average Bonchev–Trinajstić information content (AvgIpc) is 3.05. The van der Waals surface area contributed by atoms with Crippen LogP contribution in [-0.2, 0) is 34.4 Å². The molecule has 0 heterocycles. The third-order valence-corrected chi connectivity index (χ3v) is 11.4. The van der Waals surface area contributed by atoms with E-state index in [0.29, 0.717) is 17.2 Å². The summed E-state index contributed by atoms with van der Waals surface area (Å²) in [6.07, 6.45) is 20.2. The molecule has 0 atom stereocenters. The first-order valence-electron chi connectivity index (χ1n) is 19.8. The lowest BCUT2D eigenvalue weighted by Crippen LogP contribution is -2.18. The number of hydrogen-bond acceptors (Lipinski definition) is 4. The molecule has 0 amide bonds. The van der Waals surface area contributed by atoms with Gasteiger partial charge in [-0.3, -0.25) is 0 Å². The number of phenols is 1. The Hall–Kier alpha value is -2.71. The summed E-state index contributed by atoms with van der Waals surface area (Å²) < 4.78 is 27.5. The highest BCUT2D eigenvalue weighted by molar-refractivity contribution is 7.53. The van der Waals surface area contributed by atoms with Crippen LogP contribution < -0.4 is 9.05 Å². The molecule has 0 radical (unpaired) electrons. The summed E-state index contributed by atoms with van der Waals surface area (Å²) in [7, 11) is -3.74. The summed E-state index contributed by atoms with van der Waals surface area (Å²) in [6, 6.07) is 20.0. The van der Waals surface area contributed by atoms with E-state index >= 15 is 0 Å². The van der Waals surface area contributed by atoms with Crippen LogP contribution in [0.4, 0.5) is 0 Å². The normalized spacial score (nSPS) is 12.3. The van der Waals surface area contributed by atoms with E-state index in [2.05, 4.69) is 79.7 Å². The van der Waals surface area contributed by atoms with Gasteiger partial charge in [0.25, 0.3) is 0 Å². The molecular weight excluding hydrogens is 635 g/mol. The van der Waals surface area contributed by atoms with Gasteiger partial charge in [0.2, 0.25) is 0 Å². The van der Waals surface area contributed by atoms with E-state index in [1.165, 1.54) is 101 Å². The summed E-state index contributed by atoms with van der Waals surface area (Å²) >= 11 is 0. The largest absolute Gasteiger partial charge is 0.507 e. The van der Waals surface area contributed by atoms with E-state index < -0.39 is 7.60 Å². The molecule has 0 saturated carbocycles. The van der Waals surface area contributed by atoms with Crippen LogP contribution in [0.2, 0.25) is 0 Å². The van der Waals surface area contributed by atoms with E-state index in [4.69, 9.17) is 9.05 Å². The van der Waals surface area contributed by atoms with Crippen molar-refractivity contribution in [2.24, 2.45) is 0 Å². The van der Waals surface area contributed by atoms with Crippen molar-refractivity contribution >= 4 is 7.60 Å². The Balaban J connectivity index is 1.79. The first-order valence-corrected chi connectivity index (χ1v) is 21.5. The molecule has 3 aromatic carbocycles. The van der Waals surface area contributed by atoms with Gasteiger partial charge >= 0.3 is 7.60 Å². The maximum Gasteiger partial charge on any atom is 0.435 e. The minimum atomic E-state index is -3.74. The van der Waals surface area contributed by atoms with Crippen LogP contribution in [0.3, 0.4) is 0 Å². The van der Waals surface area contributed by atoms with Crippen molar-refractivity contribution in [2.45, 2.75) is 175 Å². The third kappa shape index (κ3) is 14.5. The number of aromatic hydroxyl groups is 1. The van der Waals surface area contributed by atoms with E-state index in [0.717, 1.165) is 29.5 Å². The third-order valence-electron chi connectivity index (χ3n) is 9.64. The van der Waals surface area contributed by atoms with Gasteiger partial charge in [0.1, 0.15) is 17.2 Å². The summed E-state index contributed by atoms with van der Waals surface area (Å²) in [5.41, 5.74) is 4.41. The summed E-state index contributed by atoms with van der Waals surface area (Å²) in [5.74, 6) is 1.38. The van der Waals surface area contributed by atoms with Crippen LogP contribution in [0.5, 0.6) is 17.2 Å². The Bertz CT molecular complexity index is 1340. The predicted octanol–water partition coefficient (Wildman–Crippen LogP) is 14.4. The van der Waals surface area contributed by atoms with Crippen LogP contribution in [0.15, 0.2) is 60.7 Å². The number of phenolic OH excluding ortho intramolecular Hbond substituents is 1. The molecule has 0 fully saturated rings. The second-order valence-electron chi connectivity index (χ2n) is 16.5. The highest BCUT2D eigenvalue weighted by atomic mass is 31.2. The van der Waals surface area contributed by atoms with Crippen molar-refractivity contribution in [3.63, 3.8) is 0 Å². The van der Waals surface area contributed by atoms with Crippen LogP contribution in [0.25, 0.3) is 0 Å². The van der Waals surface area contributed by atoms with Gasteiger partial charge in [0.05, 0.1) is 6.16 Å². The highest BCUT2D eigenvalue weighted by Gasteiger charge is 2.33. The predicted molar refractivity (Wildman–Crippen MR) is 214 cm³/mol. The molecule has 3 rings (SSSR count). The maximum absolute atomic E-state index is 14.8. The molecule has 0 aliphatic carbocycles. The Labute approximate surface area is 306 Å². The van der Waals surface area contributed by atoms with E-state index in [-0.39, 0.29) is 17.0 Å². The molecule has 1 N–H and O–H groups in total. The molecule has 5 heteroatoms. The molecule has 3 aromatic rings. The second-order valence-corrected chi connectivity index (χ2v) is 18.4. The molecule has 0 saturated heterocycles. The fourth-order valence-corrected chi connectivity index (χ4v) is 8.25. The fourth-order valence-electron chi connectivity index (χ4n) is 6.56. The Morgan fingerprint density at radius 2 is 0.860 bits per heavy atom. The lowest BCUT2D eigenvalue weighted by atomic mass is 9.78. The van der Waals surface area contributed by atoms with Crippen LogP contribution in [0.1, 0.15) is 173 Å². The fraction of sp³-hybridized carbons (Fsp3) is 0.600. The molecule has 0 unspecified atom stereocenters. The van der Waals surface area contributed by atoms with Crippen LogP contribution in [-0.4, -0.2) is 5.11 Å². The lowest BCUT2D eigenvalue weighted by molar-refractivity contribution is 0.383. The van der Waals surface area contributed by atoms with Gasteiger partial charge in [-0.2, -0.15) is 0 Å². The molecule has 0 aliphatic rings. The molecular formula is C45H69O4P. The van der Waals surface area contributed by atoms with Crippen molar-refractivity contribution in [1.82, 2.24) is 0 Å². The van der Waals surface area contributed by atoms with Gasteiger partial charge in [-0.05, 0) is 88.6 Å². The Morgan fingerprint density at radius 3 is 1.20 bits per heavy atom. The quantitative estimate of drug-likeness (QED) is 0.0835. The van der Waals surface area contributed by atoms with E-state index in [1.807, 2.05) is 36.4 Å². The molecule has 0 aliphatic heterocycles. The maximum atomic E-state index is 14.8. The average molecular weight is 705 g/mol. The van der Waals surface area contributed by atoms with Crippen LogP contribution >= 0.6 is 7.60 Å². The Kier molecular flexibility index (Phi) is 17.0. The minimum Gasteiger partial charge on any atom is -0.507 e. The van der Waals surface area contributed by atoms with Gasteiger partial charge in [-0.15, -0.1) is 0 Å². The van der Waals surface area contributed by atoms with Crippen molar-refractivity contribution in [3.05, 3.63) is 88.5 Å². The summed E-state index contributed by atoms with van der Waals surface area (Å²) in [6.45, 7) is 17.1. The number of aryl methyl sites for hydroxylation is 2. The molecule has 0 bridgehead atoms. The van der Waals surface area contributed by atoms with Gasteiger partial charge in [0.15, 0.2) is 0 Å². The zero-order valence-corrected chi connectivity index (χ0v) is 33.8. The van der Waals surface area contributed by atoms with Crippen molar-refractivity contribution in [1.29, 1.82) is 0 Å². The minimum absolute atomic E-state index is 0.0823. The second kappa shape index (κ2) is 20.4. The SMILES string of the molecule is CCCCCCCCCc1ccc(OP(=O)(Cc2cc(C(C)(C)C)c(O)c(C(C)(C)C)c2)Oc2ccc(CCCCCCCCC)cc2)cc1. The smallest absolute Gasteiger partial charge is 0.435 e. The lowest BCUT2D eigenvalue weighted by Gasteiger charge is -2.29. The van der Waals surface area contributed by atoms with Crippen molar-refractivity contribution in [2.75, 3.05) is 0 Å². The standard InChI is InChI=1S/C45H69O4P/c1-9-11-13-15-17-19-21-23-36-25-29-39(30-26-36)48-50(47,35-38-33-41(44(3,4)5)43(46)42(34-38)45(6,7)8)49-40-31-27-37(28-32-40)24-22-20-18-16-14-12-10-2/h25-34,46H,9-24,35H2,1-8H3. The highest BCUT2D eigenvalue weighted by Crippen LogP contribution is 2.53. The number of benzene rings is 3. The monoisotopic (exact) mass is 704 g/mol. The molecule has 0 aromatic heterocycles. The van der Waals surface area contributed by atoms with Crippen LogP contribution in [0, 0.1) is 0 Å². The van der Waals surface area contributed by atoms with E-state index in [1.54, 1.807) is 0 Å². The molecule has 50 heavy (non-hydrogen) atoms. The van der Waals surface area contributed by atoms with Crippen molar-refractivity contribution < 1.29 is 18.7 Å². The molecule has 0 spiro atoms. The number of unbranched alkanes of at least 4 members (excludes halogenated alkanes) is 12. The zero-order chi connectivity index (χ0) is 36.6. The zero-order valence-electron chi connectivity index (χ0n) is 32.9. The molecule has 278 valence electrons. The van der Waals surface area contributed by atoms with E-state index in [9.17, 15) is 9.67 Å². The number of hydrogen-bond donors (Lipinski definition) is 1. The van der Waals surface area contributed by atoms with Gasteiger partial charge in [0, 0.05) is 0 Å².